The fraction of sp³-hybridized carbons (Fsp3) is 0.923. The van der Waals surface area contributed by atoms with Crippen LogP contribution in [-0.4, -0.2) is 67.5 Å². The number of rotatable bonds is 4. The predicted molar refractivity (Wildman–Crippen MR) is 71.9 cm³/mol. The van der Waals surface area contributed by atoms with Gasteiger partial charge in [-0.1, -0.05) is 0 Å². The maximum atomic E-state index is 12.0. The molecule has 2 aliphatic rings. The molecule has 5 heteroatoms. The largest absolute Gasteiger partial charge is 0.381 e. The third kappa shape index (κ3) is 2.81. The molecule has 0 aromatic carbocycles. The highest BCUT2D eigenvalue weighted by Crippen LogP contribution is 2.30. The Hall–Kier alpha value is -0.320. The molecule has 0 saturated carbocycles. The number of nitrogens with zero attached hydrogens (tertiary/aromatic N) is 2. The van der Waals surface area contributed by atoms with Crippen LogP contribution in [-0.2, 0) is 9.53 Å². The number of amides is 1. The minimum Gasteiger partial charge on any atom is -0.381 e. The van der Waals surface area contributed by atoms with E-state index in [1.807, 2.05) is 4.90 Å². The fourth-order valence-corrected chi connectivity index (χ4v) is 3.17. The van der Waals surface area contributed by atoms with E-state index in [1.165, 1.54) is 0 Å². The lowest BCUT2D eigenvalue weighted by molar-refractivity contribution is -0.130. The van der Waals surface area contributed by atoms with Crippen LogP contribution in [0.3, 0.4) is 0 Å². The Kier molecular flexibility index (Phi) is 4.51. The van der Waals surface area contributed by atoms with E-state index in [1.54, 1.807) is 0 Å². The number of hydrogen-bond acceptors (Lipinski definition) is 3. The van der Waals surface area contributed by atoms with Gasteiger partial charge in [0.05, 0.1) is 0 Å². The van der Waals surface area contributed by atoms with Gasteiger partial charge in [-0.2, -0.15) is 0 Å². The van der Waals surface area contributed by atoms with Gasteiger partial charge in [0, 0.05) is 44.1 Å². The van der Waals surface area contributed by atoms with Gasteiger partial charge in [0.2, 0.25) is 5.91 Å². The van der Waals surface area contributed by atoms with Crippen LogP contribution in [0.5, 0.6) is 0 Å². The third-order valence-electron chi connectivity index (χ3n) is 4.37. The van der Waals surface area contributed by atoms with Crippen molar-refractivity contribution in [1.82, 2.24) is 9.80 Å². The number of carbonyl (C=O) groups excluding carboxylic acids is 1. The van der Waals surface area contributed by atoms with Gasteiger partial charge in [-0.15, -0.1) is 11.6 Å². The molecule has 0 radical (unpaired) electrons. The zero-order valence-electron chi connectivity index (χ0n) is 11.3. The fourth-order valence-electron chi connectivity index (χ4n) is 2.96. The van der Waals surface area contributed by atoms with E-state index in [2.05, 4.69) is 19.0 Å². The Morgan fingerprint density at radius 3 is 2.61 bits per heavy atom. The molecule has 2 rings (SSSR count). The highest BCUT2D eigenvalue weighted by atomic mass is 35.5. The summed E-state index contributed by atoms with van der Waals surface area (Å²) >= 11 is 5.87. The van der Waals surface area contributed by atoms with Gasteiger partial charge < -0.3 is 14.5 Å². The molecule has 104 valence electrons. The van der Waals surface area contributed by atoms with Crippen molar-refractivity contribution < 1.29 is 9.53 Å². The van der Waals surface area contributed by atoms with Crippen LogP contribution in [0.15, 0.2) is 0 Å². The Morgan fingerprint density at radius 2 is 2.11 bits per heavy atom. The second-order valence-electron chi connectivity index (χ2n) is 5.73. The summed E-state index contributed by atoms with van der Waals surface area (Å²) in [5, 5.41) is 0. The SMILES string of the molecule is CN(C)C1(CN2CC(CCl)CC2=O)CCOCC1. The first-order chi connectivity index (χ1) is 8.57. The molecule has 0 aromatic rings. The molecule has 1 amide bonds. The maximum Gasteiger partial charge on any atom is 0.223 e. The van der Waals surface area contributed by atoms with Crippen LogP contribution in [0.25, 0.3) is 0 Å². The van der Waals surface area contributed by atoms with Crippen LogP contribution >= 0.6 is 11.6 Å². The molecule has 0 aliphatic carbocycles. The second-order valence-corrected chi connectivity index (χ2v) is 6.04. The second kappa shape index (κ2) is 5.76. The Balaban J connectivity index is 2.03. The number of ether oxygens (including phenoxy) is 1. The molecule has 0 aromatic heterocycles. The van der Waals surface area contributed by atoms with Crippen LogP contribution < -0.4 is 0 Å². The van der Waals surface area contributed by atoms with Crippen LogP contribution in [0.4, 0.5) is 0 Å². The highest BCUT2D eigenvalue weighted by Gasteiger charge is 2.40. The van der Waals surface area contributed by atoms with E-state index < -0.39 is 0 Å². The van der Waals surface area contributed by atoms with Gasteiger partial charge in [0.15, 0.2) is 0 Å². The molecule has 2 heterocycles. The molecule has 18 heavy (non-hydrogen) atoms. The van der Waals surface area contributed by atoms with E-state index in [9.17, 15) is 4.79 Å². The average Bonchev–Trinajstić information content (AvgIpc) is 2.71. The van der Waals surface area contributed by atoms with E-state index in [0.29, 0.717) is 18.2 Å². The van der Waals surface area contributed by atoms with Crippen LogP contribution in [0, 0.1) is 5.92 Å². The van der Waals surface area contributed by atoms with Gasteiger partial charge in [-0.25, -0.2) is 0 Å². The molecule has 4 nitrogen and oxygen atoms in total. The number of carbonyl (C=O) groups is 1. The zero-order valence-corrected chi connectivity index (χ0v) is 12.1. The van der Waals surface area contributed by atoms with E-state index >= 15 is 0 Å². The molecular formula is C13H23ClN2O2. The van der Waals surface area contributed by atoms with Gasteiger partial charge in [0.25, 0.3) is 0 Å². The number of hydrogen-bond donors (Lipinski definition) is 0. The lowest BCUT2D eigenvalue weighted by Gasteiger charge is -2.45. The summed E-state index contributed by atoms with van der Waals surface area (Å²) in [4.78, 5) is 16.3. The molecule has 2 fully saturated rings. The van der Waals surface area contributed by atoms with Crippen molar-refractivity contribution in [1.29, 1.82) is 0 Å². The van der Waals surface area contributed by atoms with Crippen molar-refractivity contribution in [2.75, 3.05) is 46.3 Å². The van der Waals surface area contributed by atoms with E-state index in [-0.39, 0.29) is 11.4 Å². The average molecular weight is 275 g/mol. The molecule has 0 N–H and O–H groups in total. The summed E-state index contributed by atoms with van der Waals surface area (Å²) in [5.41, 5.74) is 0.0785. The molecule has 1 atom stereocenters. The normalized spacial score (nSPS) is 28.1. The molecular weight excluding hydrogens is 252 g/mol. The Morgan fingerprint density at radius 1 is 1.44 bits per heavy atom. The first kappa shape index (κ1) is 14.1. The first-order valence-corrected chi connectivity index (χ1v) is 7.20. The van der Waals surface area contributed by atoms with E-state index in [4.69, 9.17) is 16.3 Å². The Bertz CT molecular complexity index is 303. The van der Waals surface area contributed by atoms with Crippen molar-refractivity contribution in [3.63, 3.8) is 0 Å². The lowest BCUT2D eigenvalue weighted by atomic mass is 9.88. The minimum absolute atomic E-state index is 0.0785. The van der Waals surface area contributed by atoms with Gasteiger partial charge >= 0.3 is 0 Å². The monoisotopic (exact) mass is 274 g/mol. The molecule has 0 spiro atoms. The van der Waals surface area contributed by atoms with Crippen molar-refractivity contribution in [2.45, 2.75) is 24.8 Å². The Labute approximate surface area is 114 Å². The summed E-state index contributed by atoms with van der Waals surface area (Å²) in [6.07, 6.45) is 2.61. The van der Waals surface area contributed by atoms with Crippen molar-refractivity contribution in [3.05, 3.63) is 0 Å². The number of likely N-dealkylation sites (tertiary alicyclic amines) is 1. The third-order valence-corrected chi connectivity index (χ3v) is 4.81. The molecule has 0 bridgehead atoms. The summed E-state index contributed by atoms with van der Waals surface area (Å²) in [7, 11) is 4.20. The minimum atomic E-state index is 0.0785. The van der Waals surface area contributed by atoms with Gasteiger partial charge in [-0.3, -0.25) is 4.79 Å². The van der Waals surface area contributed by atoms with Gasteiger partial charge in [0.1, 0.15) is 0 Å². The van der Waals surface area contributed by atoms with Crippen LogP contribution in [0.2, 0.25) is 0 Å². The predicted octanol–water partition coefficient (Wildman–Crippen LogP) is 1.18. The quantitative estimate of drug-likeness (QED) is 0.722. The lowest BCUT2D eigenvalue weighted by Crippen LogP contribution is -2.56. The molecule has 2 saturated heterocycles. The topological polar surface area (TPSA) is 32.8 Å². The highest BCUT2D eigenvalue weighted by molar-refractivity contribution is 6.18. The summed E-state index contributed by atoms with van der Waals surface area (Å²) in [6.45, 7) is 3.21. The summed E-state index contributed by atoms with van der Waals surface area (Å²) < 4.78 is 5.46. The van der Waals surface area contributed by atoms with E-state index in [0.717, 1.165) is 39.1 Å². The van der Waals surface area contributed by atoms with Crippen LogP contribution in [0.1, 0.15) is 19.3 Å². The summed E-state index contributed by atoms with van der Waals surface area (Å²) in [5.74, 6) is 1.17. The van der Waals surface area contributed by atoms with Crippen molar-refractivity contribution in [2.24, 2.45) is 5.92 Å². The number of likely N-dealkylation sites (N-methyl/N-ethyl adjacent to an activating group) is 1. The van der Waals surface area contributed by atoms with Crippen molar-refractivity contribution >= 4 is 17.5 Å². The maximum absolute atomic E-state index is 12.0. The molecule has 1 unspecified atom stereocenters. The zero-order chi connectivity index (χ0) is 13.2. The molecule has 2 aliphatic heterocycles. The number of alkyl halides is 1. The van der Waals surface area contributed by atoms with Crippen molar-refractivity contribution in [3.8, 4) is 0 Å². The summed E-state index contributed by atoms with van der Waals surface area (Å²) in [6, 6.07) is 0. The number of halogens is 1. The first-order valence-electron chi connectivity index (χ1n) is 6.66. The van der Waals surface area contributed by atoms with Gasteiger partial charge in [-0.05, 0) is 32.9 Å². The standard InChI is InChI=1S/C13H23ClN2O2/c1-15(2)13(3-5-18-6-4-13)10-16-9-11(8-14)7-12(16)17/h11H,3-10H2,1-2H3. The smallest absolute Gasteiger partial charge is 0.223 e.